The maximum absolute atomic E-state index is 12.8. The molecule has 1 aromatic heterocycles. The molecule has 7 heteroatoms. The molecule has 3 rings (SSSR count). The summed E-state index contributed by atoms with van der Waals surface area (Å²) in [6.45, 7) is 7.98. The molecule has 2 aromatic rings. The normalized spacial score (nSPS) is 16.3. The summed E-state index contributed by atoms with van der Waals surface area (Å²) in [7, 11) is 0. The third kappa shape index (κ3) is 4.30. The van der Waals surface area contributed by atoms with Gasteiger partial charge in [0.1, 0.15) is 12.3 Å². The number of carbonyl (C=O) groups is 2. The van der Waals surface area contributed by atoms with Crippen LogP contribution in [0.1, 0.15) is 32.2 Å². The Morgan fingerprint density at radius 3 is 2.81 bits per heavy atom. The number of rotatable bonds is 6. The van der Waals surface area contributed by atoms with E-state index >= 15 is 0 Å². The Kier molecular flexibility index (Phi) is 5.79. The van der Waals surface area contributed by atoms with Crippen molar-refractivity contribution < 1.29 is 19.1 Å². The third-order valence-electron chi connectivity index (χ3n) is 4.21. The van der Waals surface area contributed by atoms with Crippen LogP contribution >= 0.6 is 11.3 Å². The van der Waals surface area contributed by atoms with Crippen LogP contribution in [-0.4, -0.2) is 36.1 Å². The zero-order chi connectivity index (χ0) is 19.6. The van der Waals surface area contributed by atoms with Crippen molar-refractivity contribution in [1.82, 2.24) is 4.98 Å². The molecule has 0 bridgehead atoms. The Labute approximate surface area is 163 Å². The van der Waals surface area contributed by atoms with Gasteiger partial charge in [0.15, 0.2) is 6.10 Å². The smallest absolute Gasteiger partial charge is 0.326 e. The maximum atomic E-state index is 12.8. The molecule has 144 valence electrons. The first kappa shape index (κ1) is 19.4. The number of amides is 1. The first-order chi connectivity index (χ1) is 12.9. The number of ether oxygens (including phenoxy) is 2. The van der Waals surface area contributed by atoms with Gasteiger partial charge in [-0.2, -0.15) is 0 Å². The van der Waals surface area contributed by atoms with E-state index in [2.05, 4.69) is 4.98 Å². The van der Waals surface area contributed by atoms with Crippen LogP contribution in [0.25, 0.3) is 11.3 Å². The molecule has 0 fully saturated rings. The van der Waals surface area contributed by atoms with Gasteiger partial charge in [0, 0.05) is 10.9 Å². The largest absolute Gasteiger partial charge is 0.478 e. The highest BCUT2D eigenvalue weighted by atomic mass is 32.1. The first-order valence-corrected chi connectivity index (χ1v) is 9.97. The Morgan fingerprint density at radius 2 is 2.19 bits per heavy atom. The minimum Gasteiger partial charge on any atom is -0.478 e. The average Bonchev–Trinajstić information content (AvgIpc) is 3.08. The number of aromatic nitrogens is 1. The van der Waals surface area contributed by atoms with Crippen LogP contribution in [0.3, 0.4) is 0 Å². The molecule has 0 saturated carbocycles. The second kappa shape index (κ2) is 8.08. The van der Waals surface area contributed by atoms with Gasteiger partial charge in [0.25, 0.3) is 5.91 Å². The minimum atomic E-state index is -0.595. The van der Waals surface area contributed by atoms with E-state index in [1.54, 1.807) is 11.3 Å². The fraction of sp³-hybridized carbons (Fsp3) is 0.450. The molecule has 0 spiro atoms. The van der Waals surface area contributed by atoms with Crippen LogP contribution < -0.4 is 9.64 Å². The topological polar surface area (TPSA) is 68.7 Å². The molecule has 0 saturated heterocycles. The van der Waals surface area contributed by atoms with Crippen molar-refractivity contribution in [3.63, 3.8) is 0 Å². The van der Waals surface area contributed by atoms with E-state index in [9.17, 15) is 9.59 Å². The van der Waals surface area contributed by atoms with Crippen LogP contribution in [0.5, 0.6) is 5.75 Å². The predicted octanol–water partition coefficient (Wildman–Crippen LogP) is 3.82. The molecule has 0 aliphatic carbocycles. The summed E-state index contributed by atoms with van der Waals surface area (Å²) < 4.78 is 11.1. The number of hydrogen-bond acceptors (Lipinski definition) is 6. The van der Waals surface area contributed by atoms with Crippen LogP contribution in [0.15, 0.2) is 23.6 Å². The van der Waals surface area contributed by atoms with E-state index in [-0.39, 0.29) is 18.4 Å². The number of thiazole rings is 1. The Morgan fingerprint density at radius 1 is 1.41 bits per heavy atom. The second-order valence-electron chi connectivity index (χ2n) is 6.95. The van der Waals surface area contributed by atoms with Crippen molar-refractivity contribution in [3.05, 3.63) is 28.6 Å². The van der Waals surface area contributed by atoms with E-state index in [1.807, 2.05) is 51.3 Å². The summed E-state index contributed by atoms with van der Waals surface area (Å²) in [5.74, 6) is 0.186. The van der Waals surface area contributed by atoms with Crippen molar-refractivity contribution in [2.75, 3.05) is 18.1 Å². The zero-order valence-corrected chi connectivity index (χ0v) is 16.8. The molecule has 1 aromatic carbocycles. The lowest BCUT2D eigenvalue weighted by Crippen LogP contribution is -2.48. The van der Waals surface area contributed by atoms with Crippen molar-refractivity contribution in [3.8, 4) is 17.0 Å². The number of benzene rings is 1. The van der Waals surface area contributed by atoms with E-state index in [1.165, 1.54) is 4.90 Å². The van der Waals surface area contributed by atoms with Gasteiger partial charge >= 0.3 is 5.97 Å². The molecule has 1 aliphatic heterocycles. The molecule has 27 heavy (non-hydrogen) atoms. The minimum absolute atomic E-state index is 0.127. The summed E-state index contributed by atoms with van der Waals surface area (Å²) >= 11 is 1.56. The quantitative estimate of drug-likeness (QED) is 0.704. The number of anilines is 1. The Bertz CT molecular complexity index is 846. The lowest BCUT2D eigenvalue weighted by atomic mass is 10.1. The van der Waals surface area contributed by atoms with Gasteiger partial charge in [-0.15, -0.1) is 11.3 Å². The highest BCUT2D eigenvalue weighted by molar-refractivity contribution is 7.09. The molecule has 2 heterocycles. The van der Waals surface area contributed by atoms with Crippen LogP contribution in [-0.2, 0) is 14.3 Å². The van der Waals surface area contributed by atoms with Crippen molar-refractivity contribution in [2.45, 2.75) is 40.2 Å². The number of aryl methyl sites for hydroxylation is 1. The van der Waals surface area contributed by atoms with Gasteiger partial charge in [0.05, 0.1) is 23.0 Å². The zero-order valence-electron chi connectivity index (χ0n) is 16.0. The van der Waals surface area contributed by atoms with Gasteiger partial charge in [-0.3, -0.25) is 14.5 Å². The van der Waals surface area contributed by atoms with Crippen molar-refractivity contribution in [2.24, 2.45) is 5.92 Å². The van der Waals surface area contributed by atoms with Gasteiger partial charge in [-0.1, -0.05) is 20.8 Å². The highest BCUT2D eigenvalue weighted by Gasteiger charge is 2.35. The van der Waals surface area contributed by atoms with Gasteiger partial charge < -0.3 is 9.47 Å². The lowest BCUT2D eigenvalue weighted by Gasteiger charge is -2.33. The third-order valence-corrected chi connectivity index (χ3v) is 4.98. The monoisotopic (exact) mass is 388 g/mol. The number of hydrogen-bond donors (Lipinski definition) is 0. The maximum Gasteiger partial charge on any atom is 0.326 e. The molecule has 1 unspecified atom stereocenters. The van der Waals surface area contributed by atoms with Crippen LogP contribution in [0.2, 0.25) is 0 Å². The number of nitrogens with zero attached hydrogens (tertiary/aromatic N) is 2. The second-order valence-corrected chi connectivity index (χ2v) is 8.01. The molecular formula is C20H24N2O4S. The Balaban J connectivity index is 1.92. The number of carbonyl (C=O) groups excluding carboxylic acids is 2. The summed E-state index contributed by atoms with van der Waals surface area (Å²) in [5, 5.41) is 2.94. The standard InChI is InChI=1S/C20H24N2O4S/c1-5-17-20(24)22(9-19(23)25-10-12(2)3)16-8-14(6-7-18(16)26-17)15-11-27-13(4)21-15/h6-8,11-12,17H,5,9-10H2,1-4H3. The molecule has 0 N–H and O–H groups in total. The molecule has 6 nitrogen and oxygen atoms in total. The van der Waals surface area contributed by atoms with E-state index in [0.29, 0.717) is 24.5 Å². The highest BCUT2D eigenvalue weighted by Crippen LogP contribution is 2.38. The first-order valence-electron chi connectivity index (χ1n) is 9.09. The summed E-state index contributed by atoms with van der Waals surface area (Å²) in [4.78, 5) is 31.0. The predicted molar refractivity (Wildman–Crippen MR) is 105 cm³/mol. The molecule has 1 aliphatic rings. The van der Waals surface area contributed by atoms with Crippen molar-refractivity contribution in [1.29, 1.82) is 0 Å². The van der Waals surface area contributed by atoms with Crippen LogP contribution in [0, 0.1) is 12.8 Å². The van der Waals surface area contributed by atoms with Gasteiger partial charge in [-0.05, 0) is 37.5 Å². The number of esters is 1. The molecule has 0 radical (unpaired) electrons. The SMILES string of the molecule is CCC1Oc2ccc(-c3csc(C)n3)cc2N(CC(=O)OCC(C)C)C1=O. The average molecular weight is 388 g/mol. The van der Waals surface area contributed by atoms with Crippen molar-refractivity contribution >= 4 is 28.9 Å². The summed E-state index contributed by atoms with van der Waals surface area (Å²) in [6.07, 6.45) is -0.0641. The van der Waals surface area contributed by atoms with E-state index in [0.717, 1.165) is 16.3 Å². The lowest BCUT2D eigenvalue weighted by molar-refractivity contribution is -0.144. The summed E-state index contributed by atoms with van der Waals surface area (Å²) in [5.41, 5.74) is 2.30. The van der Waals surface area contributed by atoms with E-state index in [4.69, 9.17) is 9.47 Å². The summed E-state index contributed by atoms with van der Waals surface area (Å²) in [6, 6.07) is 5.61. The number of fused-ring (bicyclic) bond motifs is 1. The molecule has 1 amide bonds. The molecular weight excluding hydrogens is 364 g/mol. The molecule has 1 atom stereocenters. The van der Waals surface area contributed by atoms with E-state index < -0.39 is 12.1 Å². The fourth-order valence-corrected chi connectivity index (χ4v) is 3.46. The van der Waals surface area contributed by atoms with Gasteiger partial charge in [0.2, 0.25) is 0 Å². The van der Waals surface area contributed by atoms with Gasteiger partial charge in [-0.25, -0.2) is 4.98 Å². The Hall–Kier alpha value is -2.41. The van der Waals surface area contributed by atoms with Crippen LogP contribution in [0.4, 0.5) is 5.69 Å². The fourth-order valence-electron chi connectivity index (χ4n) is 2.83.